The number of pyridine rings is 1. The van der Waals surface area contributed by atoms with Gasteiger partial charge in [0.25, 0.3) is 0 Å². The van der Waals surface area contributed by atoms with Gasteiger partial charge in [-0.05, 0) is 22.0 Å². The monoisotopic (exact) mass is 275 g/mol. The third-order valence-corrected chi connectivity index (χ3v) is 2.03. The van der Waals surface area contributed by atoms with Crippen molar-refractivity contribution < 1.29 is 9.18 Å². The van der Waals surface area contributed by atoms with Crippen molar-refractivity contribution in [2.24, 2.45) is 0 Å². The summed E-state index contributed by atoms with van der Waals surface area (Å²) in [7, 11) is 0. The maximum atomic E-state index is 13.2. The molecule has 0 aliphatic rings. The van der Waals surface area contributed by atoms with Gasteiger partial charge in [0.1, 0.15) is 0 Å². The van der Waals surface area contributed by atoms with Gasteiger partial charge < -0.3 is 10.6 Å². The van der Waals surface area contributed by atoms with Gasteiger partial charge in [-0.25, -0.2) is 9.37 Å². The number of hydrogen-bond donors (Lipinski definition) is 2. The fraction of sp³-hybridized carbons (Fsp3) is 0.333. The highest BCUT2D eigenvalue weighted by Gasteiger charge is 2.02. The van der Waals surface area contributed by atoms with Crippen LogP contribution >= 0.6 is 15.9 Å². The van der Waals surface area contributed by atoms with Crippen LogP contribution in [0.5, 0.6) is 0 Å². The molecule has 82 valence electrons. The third-order valence-electron chi connectivity index (χ3n) is 1.60. The van der Waals surface area contributed by atoms with Gasteiger partial charge in [-0.15, -0.1) is 0 Å². The van der Waals surface area contributed by atoms with E-state index in [0.717, 1.165) is 0 Å². The van der Waals surface area contributed by atoms with Crippen LogP contribution in [0.1, 0.15) is 6.92 Å². The molecule has 1 rings (SSSR count). The Morgan fingerprint density at radius 2 is 2.33 bits per heavy atom. The van der Waals surface area contributed by atoms with Gasteiger partial charge in [0.05, 0.1) is 0 Å². The Labute approximate surface area is 95.4 Å². The zero-order chi connectivity index (χ0) is 11.3. The molecule has 0 aliphatic carbocycles. The zero-order valence-corrected chi connectivity index (χ0v) is 9.77. The number of carbonyl (C=O) groups excluding carboxylic acids is 1. The first-order valence-corrected chi connectivity index (χ1v) is 5.18. The summed E-state index contributed by atoms with van der Waals surface area (Å²) in [4.78, 5) is 14.4. The van der Waals surface area contributed by atoms with Gasteiger partial charge in [0, 0.05) is 30.7 Å². The molecule has 15 heavy (non-hydrogen) atoms. The van der Waals surface area contributed by atoms with E-state index in [2.05, 4.69) is 31.5 Å². The standard InChI is InChI=1S/C9H11BrFN3O/c1-6(15)12-2-3-13-9-8(11)4-7(10)5-14-9/h4-5H,2-3H2,1H3,(H,12,15)(H,13,14). The number of halogens is 2. The predicted molar refractivity (Wildman–Crippen MR) is 59.1 cm³/mol. The summed E-state index contributed by atoms with van der Waals surface area (Å²) < 4.78 is 13.8. The molecule has 1 amide bonds. The first-order chi connectivity index (χ1) is 7.09. The minimum atomic E-state index is -0.424. The highest BCUT2D eigenvalue weighted by molar-refractivity contribution is 9.10. The van der Waals surface area contributed by atoms with E-state index in [1.807, 2.05) is 0 Å². The number of nitrogens with one attached hydrogen (secondary N) is 2. The van der Waals surface area contributed by atoms with Crippen LogP contribution in [0.4, 0.5) is 10.2 Å². The average molecular weight is 276 g/mol. The Balaban J connectivity index is 2.40. The van der Waals surface area contributed by atoms with E-state index < -0.39 is 5.82 Å². The summed E-state index contributed by atoms with van der Waals surface area (Å²) in [5, 5.41) is 5.36. The maximum absolute atomic E-state index is 13.2. The van der Waals surface area contributed by atoms with Crippen LogP contribution in [0.15, 0.2) is 16.7 Å². The number of carbonyl (C=O) groups is 1. The van der Waals surface area contributed by atoms with Crippen molar-refractivity contribution in [2.75, 3.05) is 18.4 Å². The summed E-state index contributed by atoms with van der Waals surface area (Å²) in [5.41, 5.74) is 0. The topological polar surface area (TPSA) is 54.0 Å². The molecule has 0 aromatic carbocycles. The predicted octanol–water partition coefficient (Wildman–Crippen LogP) is 1.53. The fourth-order valence-electron chi connectivity index (χ4n) is 0.964. The lowest BCUT2D eigenvalue weighted by Crippen LogP contribution is -2.26. The molecule has 1 heterocycles. The van der Waals surface area contributed by atoms with Gasteiger partial charge in [0.2, 0.25) is 5.91 Å². The number of rotatable bonds is 4. The summed E-state index contributed by atoms with van der Waals surface area (Å²) in [6.45, 7) is 2.30. The van der Waals surface area contributed by atoms with Crippen molar-refractivity contribution in [1.82, 2.24) is 10.3 Å². The van der Waals surface area contributed by atoms with E-state index in [9.17, 15) is 9.18 Å². The summed E-state index contributed by atoms with van der Waals surface area (Å²) in [6.07, 6.45) is 1.50. The number of nitrogens with zero attached hydrogens (tertiary/aromatic N) is 1. The van der Waals surface area contributed by atoms with Crippen LogP contribution in [0, 0.1) is 5.82 Å². The fourth-order valence-corrected chi connectivity index (χ4v) is 1.27. The molecule has 1 aromatic rings. The highest BCUT2D eigenvalue weighted by atomic mass is 79.9. The molecule has 0 atom stereocenters. The molecule has 0 unspecified atom stereocenters. The van der Waals surface area contributed by atoms with Gasteiger partial charge in [0.15, 0.2) is 11.6 Å². The van der Waals surface area contributed by atoms with E-state index in [1.165, 1.54) is 19.2 Å². The lowest BCUT2D eigenvalue weighted by molar-refractivity contribution is -0.118. The Morgan fingerprint density at radius 3 is 2.93 bits per heavy atom. The van der Waals surface area contributed by atoms with E-state index in [1.54, 1.807) is 0 Å². The van der Waals surface area contributed by atoms with Crippen molar-refractivity contribution in [1.29, 1.82) is 0 Å². The number of amides is 1. The second-order valence-corrected chi connectivity index (χ2v) is 3.81. The Bertz CT molecular complexity index is 359. The first-order valence-electron chi connectivity index (χ1n) is 4.39. The molecule has 0 radical (unpaired) electrons. The molecule has 0 fully saturated rings. The summed E-state index contributed by atoms with van der Waals surface area (Å²) >= 11 is 3.11. The van der Waals surface area contributed by atoms with Crippen molar-refractivity contribution in [3.8, 4) is 0 Å². The van der Waals surface area contributed by atoms with Gasteiger partial charge >= 0.3 is 0 Å². The van der Waals surface area contributed by atoms with Gasteiger partial charge in [-0.1, -0.05) is 0 Å². The van der Waals surface area contributed by atoms with Crippen LogP contribution < -0.4 is 10.6 Å². The van der Waals surface area contributed by atoms with Crippen LogP contribution in [0.2, 0.25) is 0 Å². The molecule has 0 bridgehead atoms. The molecule has 2 N–H and O–H groups in total. The molecule has 0 aliphatic heterocycles. The lowest BCUT2D eigenvalue weighted by Gasteiger charge is -2.06. The van der Waals surface area contributed by atoms with E-state index in [-0.39, 0.29) is 11.7 Å². The molecule has 0 spiro atoms. The molecular formula is C9H11BrFN3O. The van der Waals surface area contributed by atoms with Crippen molar-refractivity contribution in [3.63, 3.8) is 0 Å². The van der Waals surface area contributed by atoms with E-state index in [0.29, 0.717) is 17.6 Å². The molecule has 0 saturated carbocycles. The van der Waals surface area contributed by atoms with Crippen LogP contribution in [-0.2, 0) is 4.79 Å². The van der Waals surface area contributed by atoms with Gasteiger partial charge in [-0.2, -0.15) is 0 Å². The molecule has 1 aromatic heterocycles. The van der Waals surface area contributed by atoms with Crippen LogP contribution in [-0.4, -0.2) is 24.0 Å². The highest BCUT2D eigenvalue weighted by Crippen LogP contribution is 2.15. The Morgan fingerprint density at radius 1 is 1.60 bits per heavy atom. The summed E-state index contributed by atoms with van der Waals surface area (Å²) in [5.74, 6) is -0.350. The Hall–Kier alpha value is -1.17. The van der Waals surface area contributed by atoms with Crippen molar-refractivity contribution in [3.05, 3.63) is 22.6 Å². The minimum Gasteiger partial charge on any atom is -0.366 e. The number of anilines is 1. The third kappa shape index (κ3) is 4.24. The minimum absolute atomic E-state index is 0.110. The van der Waals surface area contributed by atoms with E-state index in [4.69, 9.17) is 0 Å². The van der Waals surface area contributed by atoms with Crippen LogP contribution in [0.3, 0.4) is 0 Å². The molecular weight excluding hydrogens is 265 g/mol. The first kappa shape index (κ1) is 11.9. The second-order valence-electron chi connectivity index (χ2n) is 2.89. The van der Waals surface area contributed by atoms with Crippen molar-refractivity contribution in [2.45, 2.75) is 6.92 Å². The number of hydrogen-bond acceptors (Lipinski definition) is 3. The van der Waals surface area contributed by atoms with Gasteiger partial charge in [-0.3, -0.25) is 4.79 Å². The zero-order valence-electron chi connectivity index (χ0n) is 8.18. The SMILES string of the molecule is CC(=O)NCCNc1ncc(Br)cc1F. The average Bonchev–Trinajstić information content (AvgIpc) is 2.14. The molecule has 4 nitrogen and oxygen atoms in total. The second kappa shape index (κ2) is 5.65. The lowest BCUT2D eigenvalue weighted by atomic mass is 10.4. The normalized spacial score (nSPS) is 9.80. The van der Waals surface area contributed by atoms with Crippen LogP contribution in [0.25, 0.3) is 0 Å². The summed E-state index contributed by atoms with van der Waals surface area (Å²) in [6, 6.07) is 1.33. The largest absolute Gasteiger partial charge is 0.366 e. The quantitative estimate of drug-likeness (QED) is 0.820. The van der Waals surface area contributed by atoms with Crippen molar-refractivity contribution >= 4 is 27.7 Å². The number of aromatic nitrogens is 1. The van der Waals surface area contributed by atoms with E-state index >= 15 is 0 Å². The maximum Gasteiger partial charge on any atom is 0.216 e. The Kier molecular flexibility index (Phi) is 4.48. The molecule has 0 saturated heterocycles. The smallest absolute Gasteiger partial charge is 0.216 e. The molecule has 6 heteroatoms.